The minimum Gasteiger partial charge on any atom is -0.466 e. The summed E-state index contributed by atoms with van der Waals surface area (Å²) in [5.41, 5.74) is 0.855. The molecule has 5 atom stereocenters. The van der Waals surface area contributed by atoms with Gasteiger partial charge in [0.15, 0.2) is 24.5 Å². The Hall–Kier alpha value is -3.25. The van der Waals surface area contributed by atoms with Crippen LogP contribution in [0.3, 0.4) is 0 Å². The Labute approximate surface area is 202 Å². The molecule has 0 saturated carbocycles. The average molecular weight is 498 g/mol. The van der Waals surface area contributed by atoms with Crippen LogP contribution >= 0.6 is 12.2 Å². The molecular weight excluding hydrogens is 470 g/mol. The second-order valence-corrected chi connectivity index (χ2v) is 7.70. The molecule has 1 aliphatic rings. The number of carbonyl (C=O) groups is 4. The van der Waals surface area contributed by atoms with Crippen molar-refractivity contribution in [1.82, 2.24) is 5.32 Å². The molecule has 0 amide bonds. The van der Waals surface area contributed by atoms with E-state index < -0.39 is 54.5 Å². The average Bonchev–Trinajstić information content (AvgIpc) is 2.75. The van der Waals surface area contributed by atoms with Gasteiger partial charge in [-0.05, 0) is 17.8 Å². The minimum absolute atomic E-state index is 0.0928. The van der Waals surface area contributed by atoms with E-state index in [2.05, 4.69) is 5.32 Å². The highest BCUT2D eigenvalue weighted by atomic mass is 32.1. The molecule has 0 radical (unpaired) electrons. The van der Waals surface area contributed by atoms with Crippen molar-refractivity contribution >= 4 is 41.3 Å². The number of carbonyl (C=O) groups excluding carboxylic acids is 4. The Morgan fingerprint density at radius 1 is 0.824 bits per heavy atom. The molecule has 11 nitrogen and oxygen atoms in total. The fraction of sp³-hybridized carbons (Fsp3) is 0.500. The van der Waals surface area contributed by atoms with Gasteiger partial charge in [0.05, 0.1) is 0 Å². The van der Waals surface area contributed by atoms with Crippen LogP contribution in [-0.4, -0.2) is 66.3 Å². The predicted molar refractivity (Wildman–Crippen MR) is 119 cm³/mol. The topological polar surface area (TPSA) is 136 Å². The number of benzene rings is 1. The highest BCUT2D eigenvalue weighted by molar-refractivity contribution is 7.80. The van der Waals surface area contributed by atoms with Gasteiger partial charge < -0.3 is 33.7 Å². The van der Waals surface area contributed by atoms with E-state index in [1.165, 1.54) is 6.92 Å². The lowest BCUT2D eigenvalue weighted by Gasteiger charge is -2.44. The number of hydrogen-bond acceptors (Lipinski definition) is 11. The molecular formula is C22H27NO10S. The molecule has 0 aromatic heterocycles. The minimum atomic E-state index is -1.30. The van der Waals surface area contributed by atoms with Gasteiger partial charge in [-0.2, -0.15) is 0 Å². The molecule has 1 aromatic carbocycles. The van der Waals surface area contributed by atoms with Crippen molar-refractivity contribution in [1.29, 1.82) is 0 Å². The van der Waals surface area contributed by atoms with Gasteiger partial charge in [0.2, 0.25) is 0 Å². The van der Waals surface area contributed by atoms with Crippen LogP contribution in [0.5, 0.6) is 0 Å². The molecule has 0 bridgehead atoms. The Bertz CT molecular complexity index is 893. The predicted octanol–water partition coefficient (Wildman–Crippen LogP) is 1.16. The molecule has 1 aliphatic heterocycles. The fourth-order valence-corrected chi connectivity index (χ4v) is 3.40. The van der Waals surface area contributed by atoms with Crippen LogP contribution in [0, 0.1) is 0 Å². The van der Waals surface area contributed by atoms with Gasteiger partial charge in [0.25, 0.3) is 5.17 Å². The van der Waals surface area contributed by atoms with E-state index in [-0.39, 0.29) is 18.4 Å². The maximum absolute atomic E-state index is 11.8. The number of nitrogens with one attached hydrogen (secondary N) is 1. The van der Waals surface area contributed by atoms with Crippen molar-refractivity contribution < 1.29 is 47.6 Å². The second-order valence-electron chi connectivity index (χ2n) is 7.33. The summed E-state index contributed by atoms with van der Waals surface area (Å²) < 4.78 is 32.5. The summed E-state index contributed by atoms with van der Waals surface area (Å²) in [5.74, 6) is -2.77. The normalized spacial score (nSPS) is 23.7. The van der Waals surface area contributed by atoms with Crippen LogP contribution < -0.4 is 5.32 Å². The summed E-state index contributed by atoms with van der Waals surface area (Å²) in [6.07, 6.45) is -6.10. The first-order chi connectivity index (χ1) is 16.1. The van der Waals surface area contributed by atoms with E-state index in [4.69, 9.17) is 40.6 Å². The highest BCUT2D eigenvalue weighted by Gasteiger charge is 2.52. The summed E-state index contributed by atoms with van der Waals surface area (Å²) in [6, 6.07) is 9.23. The van der Waals surface area contributed by atoms with Gasteiger partial charge in [-0.25, -0.2) is 0 Å². The maximum Gasteiger partial charge on any atom is 0.303 e. The number of rotatable bonds is 8. The van der Waals surface area contributed by atoms with Gasteiger partial charge in [-0.1, -0.05) is 30.3 Å². The first-order valence-corrected chi connectivity index (χ1v) is 10.7. The number of esters is 4. The summed E-state index contributed by atoms with van der Waals surface area (Å²) in [5, 5.41) is 2.68. The third-order valence-electron chi connectivity index (χ3n) is 4.46. The zero-order valence-corrected chi connectivity index (χ0v) is 20.0. The summed E-state index contributed by atoms with van der Waals surface area (Å²) in [4.78, 5) is 46.8. The zero-order valence-electron chi connectivity index (χ0n) is 19.2. The van der Waals surface area contributed by atoms with Crippen molar-refractivity contribution in [2.75, 3.05) is 6.61 Å². The van der Waals surface area contributed by atoms with Crippen LogP contribution in [0.2, 0.25) is 0 Å². The SMILES string of the molecule is CC(=O)OC[C@H]1O[C@@H](NC(=S)OCc2ccccc2)[C@H](OC(C)=O)[C@@H](OC(C)=O)[C@@H]1OC(C)=O. The Kier molecular flexibility index (Phi) is 10.2. The van der Waals surface area contributed by atoms with Gasteiger partial charge in [0, 0.05) is 27.7 Å². The molecule has 2 rings (SSSR count). The van der Waals surface area contributed by atoms with Crippen molar-refractivity contribution in [3.8, 4) is 0 Å². The lowest BCUT2D eigenvalue weighted by Crippen LogP contribution is -2.66. The quantitative estimate of drug-likeness (QED) is 0.314. The molecule has 1 aromatic rings. The molecule has 1 N–H and O–H groups in total. The van der Waals surface area contributed by atoms with Gasteiger partial charge in [-0.15, -0.1) is 0 Å². The monoisotopic (exact) mass is 497 g/mol. The van der Waals surface area contributed by atoms with Crippen molar-refractivity contribution in [3.05, 3.63) is 35.9 Å². The van der Waals surface area contributed by atoms with Crippen LogP contribution in [0.1, 0.15) is 33.3 Å². The smallest absolute Gasteiger partial charge is 0.303 e. The van der Waals surface area contributed by atoms with E-state index in [1.54, 1.807) is 0 Å². The highest BCUT2D eigenvalue weighted by Crippen LogP contribution is 2.28. The third kappa shape index (κ3) is 8.60. The molecule has 186 valence electrons. The summed E-state index contributed by atoms with van der Waals surface area (Å²) >= 11 is 5.24. The van der Waals surface area contributed by atoms with E-state index in [9.17, 15) is 19.2 Å². The van der Waals surface area contributed by atoms with Crippen molar-refractivity contribution in [3.63, 3.8) is 0 Å². The van der Waals surface area contributed by atoms with Gasteiger partial charge in [0.1, 0.15) is 19.3 Å². The first-order valence-electron chi connectivity index (χ1n) is 10.3. The molecule has 34 heavy (non-hydrogen) atoms. The Balaban J connectivity index is 2.29. The van der Waals surface area contributed by atoms with E-state index in [1.807, 2.05) is 30.3 Å². The van der Waals surface area contributed by atoms with Crippen LogP contribution in [-0.2, 0) is 54.2 Å². The number of thiocarbonyl (C=S) groups is 1. The number of ether oxygens (including phenoxy) is 6. The Morgan fingerprint density at radius 2 is 1.38 bits per heavy atom. The summed E-state index contributed by atoms with van der Waals surface area (Å²) in [7, 11) is 0. The standard InChI is InChI=1S/C22H27NO10S/c1-12(24)28-11-17-18(30-13(2)25)19(31-14(3)26)20(32-15(4)27)21(33-17)23-22(34)29-10-16-8-6-5-7-9-16/h5-9,17-21H,10-11H2,1-4H3,(H,23,34)/t17-,18-,19+,20-,21-/m1/s1. The molecule has 1 saturated heterocycles. The summed E-state index contributed by atoms with van der Waals surface area (Å²) in [6.45, 7) is 4.44. The second kappa shape index (κ2) is 12.8. The van der Waals surface area contributed by atoms with Crippen molar-refractivity contribution in [2.45, 2.75) is 64.9 Å². The molecule has 1 fully saturated rings. The van der Waals surface area contributed by atoms with Crippen molar-refractivity contribution in [2.24, 2.45) is 0 Å². The largest absolute Gasteiger partial charge is 0.466 e. The number of hydrogen-bond donors (Lipinski definition) is 1. The zero-order chi connectivity index (χ0) is 25.3. The maximum atomic E-state index is 11.8. The first kappa shape index (κ1) is 27.0. The third-order valence-corrected chi connectivity index (χ3v) is 4.70. The van der Waals surface area contributed by atoms with Crippen LogP contribution in [0.4, 0.5) is 0 Å². The van der Waals surface area contributed by atoms with E-state index in [0.29, 0.717) is 0 Å². The van der Waals surface area contributed by atoms with Gasteiger partial charge in [-0.3, -0.25) is 19.2 Å². The molecule has 0 unspecified atom stereocenters. The van der Waals surface area contributed by atoms with Gasteiger partial charge >= 0.3 is 23.9 Å². The fourth-order valence-electron chi connectivity index (χ4n) is 3.23. The van der Waals surface area contributed by atoms with Crippen LogP contribution in [0.25, 0.3) is 0 Å². The molecule has 0 aliphatic carbocycles. The molecule has 0 spiro atoms. The lowest BCUT2D eigenvalue weighted by molar-refractivity contribution is -0.255. The van der Waals surface area contributed by atoms with E-state index in [0.717, 1.165) is 26.3 Å². The Morgan fingerprint density at radius 3 is 1.94 bits per heavy atom. The van der Waals surface area contributed by atoms with E-state index >= 15 is 0 Å². The lowest BCUT2D eigenvalue weighted by atomic mass is 9.97. The molecule has 12 heteroatoms. The van der Waals surface area contributed by atoms with Crippen LogP contribution in [0.15, 0.2) is 30.3 Å². The molecule has 1 heterocycles.